The highest BCUT2D eigenvalue weighted by molar-refractivity contribution is 5.66. The summed E-state index contributed by atoms with van der Waals surface area (Å²) < 4.78 is 5.60. The molecule has 0 aromatic rings. The molecule has 0 aliphatic heterocycles. The Balaban J connectivity index is 1.45. The monoisotopic (exact) mass is 444 g/mol. The van der Waals surface area contributed by atoms with Crippen LogP contribution in [0, 0.1) is 40.4 Å². The fraction of sp³-hybridized carbons (Fsp3) is 0.897. The van der Waals surface area contributed by atoms with Crippen molar-refractivity contribution in [2.24, 2.45) is 40.4 Å². The number of aliphatic hydroxyl groups is 1. The average Bonchev–Trinajstić information content (AvgIpc) is 3.04. The molecule has 3 heteroatoms. The maximum atomic E-state index is 11.5. The predicted molar refractivity (Wildman–Crippen MR) is 130 cm³/mol. The minimum absolute atomic E-state index is 0.0952. The minimum Gasteiger partial charge on any atom is -0.462 e. The zero-order valence-electron chi connectivity index (χ0n) is 21.6. The molecule has 32 heavy (non-hydrogen) atoms. The molecular weight excluding hydrogens is 396 g/mol. The van der Waals surface area contributed by atoms with Crippen molar-refractivity contribution in [1.82, 2.24) is 0 Å². The van der Waals surface area contributed by atoms with Crippen molar-refractivity contribution in [2.45, 2.75) is 124 Å². The summed E-state index contributed by atoms with van der Waals surface area (Å²) in [5.41, 5.74) is 1.87. The molecule has 8 atom stereocenters. The van der Waals surface area contributed by atoms with Crippen LogP contribution in [0.4, 0.5) is 0 Å². The molecule has 0 aromatic carbocycles. The van der Waals surface area contributed by atoms with E-state index in [0.29, 0.717) is 10.8 Å². The summed E-state index contributed by atoms with van der Waals surface area (Å²) in [6.07, 6.45) is 15.9. The third kappa shape index (κ3) is 4.44. The lowest BCUT2D eigenvalue weighted by atomic mass is 9.47. The van der Waals surface area contributed by atoms with Crippen LogP contribution in [0.1, 0.15) is 112 Å². The number of ether oxygens (including phenoxy) is 1. The summed E-state index contributed by atoms with van der Waals surface area (Å²) in [6.45, 7) is 13.1. The fourth-order valence-electron chi connectivity index (χ4n) is 9.00. The van der Waals surface area contributed by atoms with E-state index in [0.717, 1.165) is 55.3 Å². The highest BCUT2D eigenvalue weighted by Crippen LogP contribution is 2.67. The maximum absolute atomic E-state index is 11.5. The first-order chi connectivity index (χ1) is 14.9. The summed E-state index contributed by atoms with van der Waals surface area (Å²) in [4.78, 5) is 11.5. The Morgan fingerprint density at radius 1 is 1.19 bits per heavy atom. The van der Waals surface area contributed by atoms with Crippen LogP contribution >= 0.6 is 0 Å². The molecule has 1 N–H and O–H groups in total. The zero-order valence-corrected chi connectivity index (χ0v) is 21.6. The largest absolute Gasteiger partial charge is 0.462 e. The second-order valence-electron chi connectivity index (χ2n) is 13.1. The van der Waals surface area contributed by atoms with E-state index in [2.05, 4.69) is 26.8 Å². The molecule has 0 saturated heterocycles. The summed E-state index contributed by atoms with van der Waals surface area (Å²) >= 11 is 0. The van der Waals surface area contributed by atoms with Gasteiger partial charge in [-0.2, -0.15) is 0 Å². The van der Waals surface area contributed by atoms with Crippen molar-refractivity contribution >= 4 is 5.97 Å². The topological polar surface area (TPSA) is 46.5 Å². The van der Waals surface area contributed by atoms with Crippen LogP contribution < -0.4 is 0 Å². The summed E-state index contributed by atoms with van der Waals surface area (Å²) in [7, 11) is 0. The number of carbonyl (C=O) groups is 1. The number of rotatable bonds is 6. The van der Waals surface area contributed by atoms with Gasteiger partial charge in [-0.1, -0.05) is 45.3 Å². The molecule has 4 rings (SSSR count). The number of fused-ring (bicyclic) bond motifs is 5. The lowest BCUT2D eigenvalue weighted by Crippen LogP contribution is -2.51. The van der Waals surface area contributed by atoms with E-state index in [1.54, 1.807) is 12.5 Å². The van der Waals surface area contributed by atoms with Crippen LogP contribution in [-0.2, 0) is 9.53 Å². The van der Waals surface area contributed by atoms with Crippen molar-refractivity contribution < 1.29 is 14.6 Å². The molecule has 0 spiro atoms. The van der Waals surface area contributed by atoms with Gasteiger partial charge < -0.3 is 9.84 Å². The van der Waals surface area contributed by atoms with Gasteiger partial charge in [-0.15, -0.1) is 0 Å². The Kier molecular flexibility index (Phi) is 6.64. The molecule has 3 fully saturated rings. The molecule has 182 valence electrons. The molecule has 0 radical (unpaired) electrons. The van der Waals surface area contributed by atoms with E-state index in [-0.39, 0.29) is 12.1 Å². The predicted octanol–water partition coefficient (Wildman–Crippen LogP) is 7.07. The normalized spacial score (nSPS) is 42.3. The fourth-order valence-corrected chi connectivity index (χ4v) is 9.00. The van der Waals surface area contributed by atoms with E-state index >= 15 is 0 Å². The second kappa shape index (κ2) is 8.75. The Hall–Kier alpha value is -0.830. The molecule has 4 unspecified atom stereocenters. The van der Waals surface area contributed by atoms with Crippen molar-refractivity contribution in [3.8, 4) is 0 Å². The van der Waals surface area contributed by atoms with Crippen molar-refractivity contribution in [3.63, 3.8) is 0 Å². The summed E-state index contributed by atoms with van der Waals surface area (Å²) in [6, 6.07) is 0. The Bertz CT molecular complexity index is 733. The van der Waals surface area contributed by atoms with Gasteiger partial charge in [0.1, 0.15) is 6.10 Å². The van der Waals surface area contributed by atoms with Gasteiger partial charge >= 0.3 is 5.97 Å². The molecule has 4 aliphatic carbocycles. The third-order valence-corrected chi connectivity index (χ3v) is 10.6. The Labute approximate surface area is 196 Å². The number of hydrogen-bond acceptors (Lipinski definition) is 3. The molecule has 0 aromatic heterocycles. The smallest absolute Gasteiger partial charge is 0.302 e. The lowest BCUT2D eigenvalue weighted by Gasteiger charge is -2.58. The first-order valence-corrected chi connectivity index (χ1v) is 13.5. The zero-order chi connectivity index (χ0) is 23.3. The van der Waals surface area contributed by atoms with Gasteiger partial charge in [0, 0.05) is 13.3 Å². The highest BCUT2D eigenvalue weighted by Gasteiger charge is 2.59. The van der Waals surface area contributed by atoms with Crippen molar-refractivity contribution in [2.75, 3.05) is 0 Å². The molecule has 3 nitrogen and oxygen atoms in total. The first-order valence-electron chi connectivity index (χ1n) is 13.5. The van der Waals surface area contributed by atoms with E-state index < -0.39 is 5.60 Å². The van der Waals surface area contributed by atoms with E-state index in [9.17, 15) is 9.90 Å². The molecular formula is C29H48O3. The lowest BCUT2D eigenvalue weighted by molar-refractivity contribution is -0.148. The van der Waals surface area contributed by atoms with Crippen LogP contribution in [0.2, 0.25) is 0 Å². The first kappa shape index (κ1) is 24.3. The maximum Gasteiger partial charge on any atom is 0.302 e. The second-order valence-corrected chi connectivity index (χ2v) is 13.1. The van der Waals surface area contributed by atoms with Crippen LogP contribution in [-0.4, -0.2) is 22.8 Å². The van der Waals surface area contributed by atoms with Gasteiger partial charge in [-0.25, -0.2) is 0 Å². The van der Waals surface area contributed by atoms with Crippen LogP contribution in [0.5, 0.6) is 0 Å². The quantitative estimate of drug-likeness (QED) is 0.352. The van der Waals surface area contributed by atoms with Crippen LogP contribution in [0.3, 0.4) is 0 Å². The van der Waals surface area contributed by atoms with Gasteiger partial charge in [-0.3, -0.25) is 4.79 Å². The minimum atomic E-state index is -0.532. The third-order valence-electron chi connectivity index (χ3n) is 10.6. The van der Waals surface area contributed by atoms with Gasteiger partial charge in [0.2, 0.25) is 0 Å². The van der Waals surface area contributed by atoms with E-state index in [1.807, 2.05) is 13.8 Å². The van der Waals surface area contributed by atoms with Gasteiger partial charge in [0.15, 0.2) is 0 Å². The molecule has 0 amide bonds. The van der Waals surface area contributed by atoms with Crippen molar-refractivity contribution in [3.05, 3.63) is 11.6 Å². The van der Waals surface area contributed by atoms with Crippen LogP contribution in [0.15, 0.2) is 11.6 Å². The van der Waals surface area contributed by atoms with Crippen LogP contribution in [0.25, 0.3) is 0 Å². The SMILES string of the molecule is CC(=O)O[C@H]1CC[C@@]2(C)C(=CCC3C4CCC([C@H](C)CCCC(C)(C)O)[C@@]4(C)CCC32)C1. The summed E-state index contributed by atoms with van der Waals surface area (Å²) in [5, 5.41) is 10.1. The van der Waals surface area contributed by atoms with E-state index in [4.69, 9.17) is 4.74 Å². The molecule has 4 aliphatic rings. The Morgan fingerprint density at radius 2 is 1.94 bits per heavy atom. The number of hydrogen-bond donors (Lipinski definition) is 1. The number of allylic oxidation sites excluding steroid dienone is 1. The summed E-state index contributed by atoms with van der Waals surface area (Å²) in [5.74, 6) is 3.98. The average molecular weight is 445 g/mol. The molecule has 0 heterocycles. The number of carbonyl (C=O) groups excluding carboxylic acids is 1. The van der Waals surface area contributed by atoms with Gasteiger partial charge in [0.25, 0.3) is 0 Å². The number of esters is 1. The van der Waals surface area contributed by atoms with Gasteiger partial charge in [-0.05, 0) is 106 Å². The Morgan fingerprint density at radius 3 is 2.62 bits per heavy atom. The molecule has 3 saturated carbocycles. The standard InChI is InChI=1S/C29H48O3/c1-19(8-7-15-27(3,4)31)24-11-12-25-23-10-9-21-18-22(32-20(2)30)13-16-28(21,5)26(23)14-17-29(24,25)6/h9,19,22-26,31H,7-8,10-18H2,1-6H3/t19-,22+,23?,24?,25?,26?,28+,29-/m1/s1. The van der Waals surface area contributed by atoms with Crippen molar-refractivity contribution in [1.29, 1.82) is 0 Å². The van der Waals surface area contributed by atoms with E-state index in [1.165, 1.54) is 44.9 Å². The molecule has 0 bridgehead atoms. The van der Waals surface area contributed by atoms with Gasteiger partial charge in [0.05, 0.1) is 5.60 Å². The highest BCUT2D eigenvalue weighted by atomic mass is 16.5.